The number of ether oxygens (including phenoxy) is 1. The monoisotopic (exact) mass is 339 g/mol. The van der Waals surface area contributed by atoms with E-state index in [1.807, 2.05) is 0 Å². The molecule has 0 radical (unpaired) electrons. The summed E-state index contributed by atoms with van der Waals surface area (Å²) in [6.45, 7) is 1.71. The van der Waals surface area contributed by atoms with Gasteiger partial charge in [-0.2, -0.15) is 23.4 Å². The van der Waals surface area contributed by atoms with Gasteiger partial charge in [0.2, 0.25) is 0 Å². The van der Waals surface area contributed by atoms with Crippen LogP contribution in [-0.4, -0.2) is 37.5 Å². The summed E-state index contributed by atoms with van der Waals surface area (Å²) in [6, 6.07) is 0.880. The maximum Gasteiger partial charge on any atom is 0.433 e. The van der Waals surface area contributed by atoms with Crippen LogP contribution in [0.15, 0.2) is 18.5 Å². The van der Waals surface area contributed by atoms with Crippen molar-refractivity contribution in [1.29, 1.82) is 0 Å². The first kappa shape index (κ1) is 16.0. The van der Waals surface area contributed by atoms with Crippen molar-refractivity contribution in [2.75, 3.05) is 7.11 Å². The van der Waals surface area contributed by atoms with Crippen molar-refractivity contribution in [1.82, 2.24) is 24.4 Å². The van der Waals surface area contributed by atoms with Crippen molar-refractivity contribution in [3.8, 4) is 11.3 Å². The van der Waals surface area contributed by atoms with Gasteiger partial charge in [0, 0.05) is 18.3 Å². The zero-order valence-electron chi connectivity index (χ0n) is 12.9. The van der Waals surface area contributed by atoms with Crippen LogP contribution in [0.1, 0.15) is 21.7 Å². The van der Waals surface area contributed by atoms with E-state index in [1.54, 1.807) is 14.0 Å². The lowest BCUT2D eigenvalue weighted by atomic mass is 10.1. The second-order valence-corrected chi connectivity index (χ2v) is 5.08. The first-order valence-electron chi connectivity index (χ1n) is 6.77. The molecule has 24 heavy (non-hydrogen) atoms. The Morgan fingerprint density at radius 2 is 1.96 bits per heavy atom. The molecule has 0 bridgehead atoms. The molecule has 126 valence electrons. The number of esters is 1. The Morgan fingerprint density at radius 3 is 2.50 bits per heavy atom. The van der Waals surface area contributed by atoms with E-state index in [0.29, 0.717) is 15.8 Å². The van der Waals surface area contributed by atoms with E-state index in [1.165, 1.54) is 10.9 Å². The predicted molar refractivity (Wildman–Crippen MR) is 76.3 cm³/mol. The number of halogens is 3. The fourth-order valence-corrected chi connectivity index (χ4v) is 2.31. The third kappa shape index (κ3) is 2.39. The topological polar surface area (TPSA) is 74.3 Å². The van der Waals surface area contributed by atoms with Crippen molar-refractivity contribution in [3.05, 3.63) is 35.4 Å². The van der Waals surface area contributed by atoms with Gasteiger partial charge in [0.1, 0.15) is 5.56 Å². The van der Waals surface area contributed by atoms with Crippen molar-refractivity contribution in [3.63, 3.8) is 0 Å². The summed E-state index contributed by atoms with van der Waals surface area (Å²) in [6.07, 6.45) is -2.25. The molecule has 0 unspecified atom stereocenters. The van der Waals surface area contributed by atoms with Gasteiger partial charge in [-0.1, -0.05) is 0 Å². The summed E-state index contributed by atoms with van der Waals surface area (Å²) in [7, 11) is 2.80. The molecule has 3 rings (SSSR count). The number of alkyl halides is 3. The molecule has 0 aliphatic heterocycles. The van der Waals surface area contributed by atoms with Crippen LogP contribution in [-0.2, 0) is 18.0 Å². The molecule has 0 N–H and O–H groups in total. The lowest BCUT2D eigenvalue weighted by Gasteiger charge is -2.11. The minimum absolute atomic E-state index is 0.0473. The van der Waals surface area contributed by atoms with Crippen LogP contribution in [0, 0.1) is 6.92 Å². The maximum absolute atomic E-state index is 13.4. The zero-order valence-corrected chi connectivity index (χ0v) is 12.9. The van der Waals surface area contributed by atoms with E-state index >= 15 is 0 Å². The number of rotatable bonds is 2. The first-order valence-corrected chi connectivity index (χ1v) is 6.77. The molecule has 7 nitrogen and oxygen atoms in total. The number of methoxy groups -OCH3 is 1. The van der Waals surface area contributed by atoms with Gasteiger partial charge >= 0.3 is 12.1 Å². The number of fused-ring (bicyclic) bond motifs is 1. The Balaban J connectivity index is 2.35. The van der Waals surface area contributed by atoms with Crippen molar-refractivity contribution in [2.45, 2.75) is 13.1 Å². The molecule has 0 spiro atoms. The maximum atomic E-state index is 13.4. The van der Waals surface area contributed by atoms with E-state index in [9.17, 15) is 18.0 Å². The highest BCUT2D eigenvalue weighted by atomic mass is 19.4. The van der Waals surface area contributed by atoms with Gasteiger partial charge in [0.25, 0.3) is 0 Å². The van der Waals surface area contributed by atoms with Crippen molar-refractivity contribution >= 4 is 11.6 Å². The van der Waals surface area contributed by atoms with Crippen LogP contribution in [0.25, 0.3) is 16.9 Å². The summed E-state index contributed by atoms with van der Waals surface area (Å²) in [5, 5.41) is 7.64. The molecule has 0 saturated carbocycles. The fourth-order valence-electron chi connectivity index (χ4n) is 2.31. The van der Waals surface area contributed by atoms with Crippen LogP contribution < -0.4 is 0 Å². The number of aryl methyl sites for hydroxylation is 1. The Morgan fingerprint density at radius 1 is 1.25 bits per heavy atom. The van der Waals surface area contributed by atoms with Gasteiger partial charge in [0.05, 0.1) is 25.2 Å². The molecule has 10 heteroatoms. The summed E-state index contributed by atoms with van der Waals surface area (Å²) >= 11 is 0. The summed E-state index contributed by atoms with van der Waals surface area (Å²) in [5.41, 5.74) is -0.296. The first-order chi connectivity index (χ1) is 11.2. The number of aromatic nitrogens is 5. The highest BCUT2D eigenvalue weighted by Gasteiger charge is 2.36. The molecule has 3 heterocycles. The lowest BCUT2D eigenvalue weighted by Crippen LogP contribution is -2.14. The van der Waals surface area contributed by atoms with E-state index in [2.05, 4.69) is 19.9 Å². The average molecular weight is 339 g/mol. The molecule has 0 saturated heterocycles. The standard InChI is InChI=1S/C14H12F3N5O2/c1-7-8(5-18-21(7)2)10-4-11(14(15,16)17)22-12(20-10)9(6-19-22)13(23)24-3/h4-6H,1-3H3. The minimum Gasteiger partial charge on any atom is -0.465 e. The largest absolute Gasteiger partial charge is 0.465 e. The fraction of sp³-hybridized carbons (Fsp3) is 0.286. The molecule has 3 aromatic heterocycles. The Kier molecular flexibility index (Phi) is 3.54. The van der Waals surface area contributed by atoms with Crippen LogP contribution >= 0.6 is 0 Å². The van der Waals surface area contributed by atoms with Gasteiger partial charge in [-0.15, -0.1) is 0 Å². The highest BCUT2D eigenvalue weighted by Crippen LogP contribution is 2.33. The molecule has 0 aliphatic carbocycles. The van der Waals surface area contributed by atoms with E-state index in [0.717, 1.165) is 19.4 Å². The summed E-state index contributed by atoms with van der Waals surface area (Å²) in [4.78, 5) is 15.9. The third-order valence-electron chi connectivity index (χ3n) is 3.68. The Labute approximate surface area is 133 Å². The molecular weight excluding hydrogens is 327 g/mol. The van der Waals surface area contributed by atoms with Crippen LogP contribution in [0.2, 0.25) is 0 Å². The lowest BCUT2D eigenvalue weighted by molar-refractivity contribution is -0.142. The van der Waals surface area contributed by atoms with Gasteiger partial charge in [-0.25, -0.2) is 14.3 Å². The highest BCUT2D eigenvalue weighted by molar-refractivity contribution is 5.95. The Bertz CT molecular complexity index is 942. The molecule has 0 fully saturated rings. The Hall–Kier alpha value is -2.91. The number of carbonyl (C=O) groups excluding carboxylic acids is 1. The normalized spacial score (nSPS) is 11.9. The smallest absolute Gasteiger partial charge is 0.433 e. The molecule has 0 aliphatic rings. The second kappa shape index (κ2) is 5.32. The second-order valence-electron chi connectivity index (χ2n) is 5.08. The quantitative estimate of drug-likeness (QED) is 0.670. The summed E-state index contributed by atoms with van der Waals surface area (Å²) in [5.74, 6) is -0.814. The van der Waals surface area contributed by atoms with Gasteiger partial charge in [-0.05, 0) is 13.0 Å². The third-order valence-corrected chi connectivity index (χ3v) is 3.68. The average Bonchev–Trinajstić information content (AvgIpc) is 3.09. The van der Waals surface area contributed by atoms with Crippen LogP contribution in [0.4, 0.5) is 13.2 Å². The number of hydrogen-bond donors (Lipinski definition) is 0. The molecule has 0 amide bonds. The van der Waals surface area contributed by atoms with Gasteiger partial charge < -0.3 is 4.74 Å². The van der Waals surface area contributed by atoms with Crippen LogP contribution in [0.5, 0.6) is 0 Å². The van der Waals surface area contributed by atoms with Crippen LogP contribution in [0.3, 0.4) is 0 Å². The van der Waals surface area contributed by atoms with Gasteiger partial charge in [-0.3, -0.25) is 4.68 Å². The molecule has 0 aromatic carbocycles. The van der Waals surface area contributed by atoms with Gasteiger partial charge in [0.15, 0.2) is 11.3 Å². The number of carbonyl (C=O) groups is 1. The van der Waals surface area contributed by atoms with E-state index in [-0.39, 0.29) is 16.9 Å². The van der Waals surface area contributed by atoms with Crippen molar-refractivity contribution < 1.29 is 22.7 Å². The SMILES string of the molecule is COC(=O)c1cnn2c(C(F)(F)F)cc(-c3cnn(C)c3C)nc12. The molecular formula is C14H12F3N5O2. The minimum atomic E-state index is -4.68. The molecule has 0 atom stereocenters. The summed E-state index contributed by atoms with van der Waals surface area (Å²) < 4.78 is 46.8. The van der Waals surface area contributed by atoms with E-state index < -0.39 is 17.8 Å². The predicted octanol–water partition coefficient (Wildman–Crippen LogP) is 2.24. The van der Waals surface area contributed by atoms with Crippen molar-refractivity contribution in [2.24, 2.45) is 7.05 Å². The number of hydrogen-bond acceptors (Lipinski definition) is 5. The molecule has 3 aromatic rings. The number of nitrogens with zero attached hydrogens (tertiary/aromatic N) is 5. The van der Waals surface area contributed by atoms with E-state index in [4.69, 9.17) is 0 Å². The zero-order chi connectivity index (χ0) is 17.6.